The van der Waals surface area contributed by atoms with Gasteiger partial charge in [-0.1, -0.05) is 19.4 Å². The Hall–Kier alpha value is -2.41. The highest BCUT2D eigenvalue weighted by atomic mass is 16.6. The van der Waals surface area contributed by atoms with E-state index in [1.165, 1.54) is 12.1 Å². The van der Waals surface area contributed by atoms with Crippen molar-refractivity contribution in [1.82, 2.24) is 0 Å². The fraction of sp³-hybridized carbons (Fsp3) is 0.312. The molecule has 0 saturated carbocycles. The van der Waals surface area contributed by atoms with Gasteiger partial charge in [0.2, 0.25) is 5.78 Å². The second kappa shape index (κ2) is 7.25. The Bertz CT molecular complexity index is 594. The van der Waals surface area contributed by atoms with Crippen LogP contribution >= 0.6 is 0 Å². The Morgan fingerprint density at radius 3 is 2.75 bits per heavy atom. The minimum Gasteiger partial charge on any atom is -0.280 e. The van der Waals surface area contributed by atoms with Gasteiger partial charge in [-0.15, -0.1) is 6.42 Å². The molecule has 1 rings (SSSR count). The van der Waals surface area contributed by atoms with E-state index in [-0.39, 0.29) is 11.5 Å². The van der Waals surface area contributed by atoms with Gasteiger partial charge in [-0.25, -0.2) is 0 Å². The van der Waals surface area contributed by atoms with E-state index in [1.807, 2.05) is 13.8 Å². The Morgan fingerprint density at radius 1 is 1.50 bits per heavy atom. The second-order valence-corrected chi connectivity index (χ2v) is 4.54. The average Bonchev–Trinajstić information content (AvgIpc) is 2.44. The third kappa shape index (κ3) is 4.06. The summed E-state index contributed by atoms with van der Waals surface area (Å²) >= 11 is 0. The second-order valence-electron chi connectivity index (χ2n) is 4.54. The molecule has 0 unspecified atom stereocenters. The Morgan fingerprint density at radius 2 is 2.20 bits per heavy atom. The van der Waals surface area contributed by atoms with E-state index in [2.05, 4.69) is 5.92 Å². The van der Waals surface area contributed by atoms with Gasteiger partial charge in [-0.05, 0) is 42.9 Å². The van der Waals surface area contributed by atoms with Crippen LogP contribution in [0, 0.1) is 29.4 Å². The molecule has 104 valence electrons. The monoisotopic (exact) mass is 271 g/mol. The minimum atomic E-state index is -0.453. The number of carbonyl (C=O) groups is 1. The Kier molecular flexibility index (Phi) is 5.67. The van der Waals surface area contributed by atoms with Gasteiger partial charge < -0.3 is 0 Å². The quantitative estimate of drug-likeness (QED) is 0.261. The first-order valence-electron chi connectivity index (χ1n) is 6.46. The number of benzene rings is 1. The van der Waals surface area contributed by atoms with E-state index in [4.69, 9.17) is 6.42 Å². The fourth-order valence-electron chi connectivity index (χ4n) is 1.80. The van der Waals surface area contributed by atoms with Crippen LogP contribution in [0.2, 0.25) is 0 Å². The zero-order chi connectivity index (χ0) is 15.1. The molecule has 0 saturated heterocycles. The lowest BCUT2D eigenvalue weighted by Gasteiger charge is -2.05. The normalized spacial score (nSPS) is 10.9. The SMILES string of the molecule is C#CC(=O)/C(=C/c1cc([N+](=O)[O-])ccc1C)CCCC. The van der Waals surface area contributed by atoms with Crippen LogP contribution < -0.4 is 0 Å². The van der Waals surface area contributed by atoms with Crippen molar-refractivity contribution >= 4 is 17.5 Å². The number of hydrogen-bond donors (Lipinski definition) is 0. The molecule has 1 aromatic carbocycles. The van der Waals surface area contributed by atoms with E-state index >= 15 is 0 Å². The van der Waals surface area contributed by atoms with Crippen molar-refractivity contribution in [3.8, 4) is 12.3 Å². The molecule has 0 spiro atoms. The fourth-order valence-corrected chi connectivity index (χ4v) is 1.80. The highest BCUT2D eigenvalue weighted by molar-refractivity contribution is 6.10. The number of aryl methyl sites for hydroxylation is 1. The molecular weight excluding hydrogens is 254 g/mol. The summed E-state index contributed by atoms with van der Waals surface area (Å²) in [7, 11) is 0. The van der Waals surface area contributed by atoms with E-state index in [1.54, 1.807) is 12.1 Å². The van der Waals surface area contributed by atoms with Crippen molar-refractivity contribution in [2.45, 2.75) is 33.1 Å². The van der Waals surface area contributed by atoms with E-state index in [9.17, 15) is 14.9 Å². The maximum absolute atomic E-state index is 11.7. The molecule has 4 nitrogen and oxygen atoms in total. The number of hydrogen-bond acceptors (Lipinski definition) is 3. The van der Waals surface area contributed by atoms with E-state index < -0.39 is 4.92 Å². The van der Waals surface area contributed by atoms with Crippen LogP contribution in [0.25, 0.3) is 6.08 Å². The summed E-state index contributed by atoms with van der Waals surface area (Å²) in [6, 6.07) is 4.58. The van der Waals surface area contributed by atoms with Crippen LogP contribution in [-0.4, -0.2) is 10.7 Å². The molecule has 0 aliphatic rings. The molecule has 0 N–H and O–H groups in total. The summed E-state index contributed by atoms with van der Waals surface area (Å²) in [5.41, 5.74) is 2.06. The third-order valence-electron chi connectivity index (χ3n) is 3.03. The Balaban J connectivity index is 3.22. The van der Waals surface area contributed by atoms with Gasteiger partial charge in [0.1, 0.15) is 0 Å². The summed E-state index contributed by atoms with van der Waals surface area (Å²) in [6.07, 6.45) is 9.22. The number of nitro groups is 1. The zero-order valence-corrected chi connectivity index (χ0v) is 11.7. The van der Waals surface area contributed by atoms with Crippen LogP contribution in [0.15, 0.2) is 23.8 Å². The first-order chi connectivity index (χ1) is 9.49. The van der Waals surface area contributed by atoms with Crippen LogP contribution in [0.3, 0.4) is 0 Å². The highest BCUT2D eigenvalue weighted by Crippen LogP contribution is 2.21. The van der Waals surface area contributed by atoms with Crippen LogP contribution in [0.5, 0.6) is 0 Å². The maximum atomic E-state index is 11.7. The van der Waals surface area contributed by atoms with Gasteiger partial charge in [0, 0.05) is 17.7 Å². The number of terminal acetylenes is 1. The van der Waals surface area contributed by atoms with Gasteiger partial charge in [0.15, 0.2) is 0 Å². The number of ketones is 1. The summed E-state index contributed by atoms with van der Waals surface area (Å²) in [4.78, 5) is 22.1. The predicted molar refractivity (Wildman–Crippen MR) is 79.2 cm³/mol. The molecule has 0 aromatic heterocycles. The van der Waals surface area contributed by atoms with Gasteiger partial charge in [-0.2, -0.15) is 0 Å². The highest BCUT2D eigenvalue weighted by Gasteiger charge is 2.11. The van der Waals surface area contributed by atoms with Gasteiger partial charge in [-0.3, -0.25) is 14.9 Å². The van der Waals surface area contributed by atoms with Gasteiger partial charge >= 0.3 is 0 Å². The number of rotatable bonds is 6. The topological polar surface area (TPSA) is 60.2 Å². The smallest absolute Gasteiger partial charge is 0.270 e. The lowest BCUT2D eigenvalue weighted by atomic mass is 9.99. The van der Waals surface area contributed by atoms with Gasteiger partial charge in [0.25, 0.3) is 5.69 Å². The molecule has 4 heteroatoms. The zero-order valence-electron chi connectivity index (χ0n) is 11.7. The van der Waals surface area contributed by atoms with Gasteiger partial charge in [0.05, 0.1) is 4.92 Å². The molecule has 0 heterocycles. The summed E-state index contributed by atoms with van der Waals surface area (Å²) in [6.45, 7) is 3.87. The number of nitro benzene ring substituents is 1. The van der Waals surface area contributed by atoms with Crippen LogP contribution in [-0.2, 0) is 4.79 Å². The molecule has 0 atom stereocenters. The minimum absolute atomic E-state index is 0.00449. The molecule has 0 fully saturated rings. The van der Waals surface area contributed by atoms with Crippen molar-refractivity contribution in [2.75, 3.05) is 0 Å². The number of unbranched alkanes of at least 4 members (excludes halogenated alkanes) is 1. The number of Topliss-reactive ketones (excluding diaryl/α,β-unsaturated/α-hetero) is 1. The number of allylic oxidation sites excluding steroid dienone is 1. The molecule has 0 aliphatic carbocycles. The molecule has 0 amide bonds. The number of nitrogens with zero attached hydrogens (tertiary/aromatic N) is 1. The first kappa shape index (κ1) is 15.6. The lowest BCUT2D eigenvalue weighted by molar-refractivity contribution is -0.384. The summed E-state index contributed by atoms with van der Waals surface area (Å²) in [5.74, 6) is 1.75. The first-order valence-corrected chi connectivity index (χ1v) is 6.46. The largest absolute Gasteiger partial charge is 0.280 e. The van der Waals surface area contributed by atoms with Crippen molar-refractivity contribution in [2.24, 2.45) is 0 Å². The number of non-ortho nitro benzene ring substituents is 1. The molecule has 1 aromatic rings. The molecule has 20 heavy (non-hydrogen) atoms. The average molecular weight is 271 g/mol. The van der Waals surface area contributed by atoms with Crippen LogP contribution in [0.1, 0.15) is 37.3 Å². The maximum Gasteiger partial charge on any atom is 0.270 e. The molecule has 0 bridgehead atoms. The van der Waals surface area contributed by atoms with Crippen molar-refractivity contribution in [3.63, 3.8) is 0 Å². The Labute approximate surface area is 118 Å². The van der Waals surface area contributed by atoms with E-state index in [0.29, 0.717) is 17.6 Å². The summed E-state index contributed by atoms with van der Waals surface area (Å²) < 4.78 is 0. The molecule has 0 radical (unpaired) electrons. The molecular formula is C16H17NO3. The van der Waals surface area contributed by atoms with E-state index in [0.717, 1.165) is 18.4 Å². The van der Waals surface area contributed by atoms with Crippen LogP contribution in [0.4, 0.5) is 5.69 Å². The number of carbonyl (C=O) groups excluding carboxylic acids is 1. The summed E-state index contributed by atoms with van der Waals surface area (Å²) in [5, 5.41) is 10.8. The predicted octanol–water partition coefficient (Wildman–Crippen LogP) is 3.68. The molecule has 0 aliphatic heterocycles. The lowest BCUT2D eigenvalue weighted by Crippen LogP contribution is -2.00. The van der Waals surface area contributed by atoms with Crippen molar-refractivity contribution in [3.05, 3.63) is 45.0 Å². The van der Waals surface area contributed by atoms with Crippen molar-refractivity contribution in [1.29, 1.82) is 0 Å². The third-order valence-corrected chi connectivity index (χ3v) is 3.03. The standard InChI is InChI=1S/C16H17NO3/c1-4-6-7-13(16(18)5-2)10-14-11-15(17(19)20)9-8-12(14)3/h2,8-11H,4,6-7H2,1,3H3/b13-10+. The van der Waals surface area contributed by atoms with Crippen molar-refractivity contribution < 1.29 is 9.72 Å².